The van der Waals surface area contributed by atoms with E-state index in [0.717, 1.165) is 21.5 Å². The zero-order chi connectivity index (χ0) is 10.1. The number of halogens is 2. The van der Waals surface area contributed by atoms with E-state index in [-0.39, 0.29) is 5.15 Å². The van der Waals surface area contributed by atoms with Gasteiger partial charge in [-0.15, -0.1) is 0 Å². The van der Waals surface area contributed by atoms with Gasteiger partial charge >= 0.3 is 0 Å². The summed E-state index contributed by atoms with van der Waals surface area (Å²) in [6, 6.07) is 5.63. The summed E-state index contributed by atoms with van der Waals surface area (Å²) in [5.41, 5.74) is 0.436. The largest absolute Gasteiger partial charge is 0.298 e. The number of fused-ring (bicyclic) bond motifs is 1. The lowest BCUT2D eigenvalue weighted by molar-refractivity contribution is 0.112. The fourth-order valence-corrected chi connectivity index (χ4v) is 1.85. The number of benzene rings is 1. The first-order valence-corrected chi connectivity index (χ1v) is 5.08. The van der Waals surface area contributed by atoms with E-state index in [1.165, 1.54) is 0 Å². The Morgan fingerprint density at radius 2 is 2.21 bits per heavy atom. The third kappa shape index (κ3) is 1.53. The number of nitrogens with zero attached hydrogens (tertiary/aromatic N) is 1. The Labute approximate surface area is 94.0 Å². The number of aldehydes is 1. The van der Waals surface area contributed by atoms with Crippen LogP contribution in [0.1, 0.15) is 10.4 Å². The van der Waals surface area contributed by atoms with Crippen LogP contribution in [0.15, 0.2) is 28.9 Å². The van der Waals surface area contributed by atoms with Gasteiger partial charge in [-0.05, 0) is 17.5 Å². The number of hydrogen-bond donors (Lipinski definition) is 0. The first-order valence-electron chi connectivity index (χ1n) is 3.91. The second kappa shape index (κ2) is 3.67. The van der Waals surface area contributed by atoms with Crippen molar-refractivity contribution in [3.8, 4) is 0 Å². The van der Waals surface area contributed by atoms with Crippen LogP contribution in [0.25, 0.3) is 10.8 Å². The standard InChI is InChI=1S/C10H5BrClNO/c11-7-2-1-6-4-13-10(12)9(5-14)8(6)3-7/h1-5H. The summed E-state index contributed by atoms with van der Waals surface area (Å²) < 4.78 is 0.912. The van der Waals surface area contributed by atoms with Gasteiger partial charge in [-0.2, -0.15) is 0 Å². The van der Waals surface area contributed by atoms with Crippen molar-refractivity contribution in [1.82, 2.24) is 4.98 Å². The maximum atomic E-state index is 10.8. The molecule has 1 aromatic heterocycles. The number of hydrogen-bond acceptors (Lipinski definition) is 2. The fourth-order valence-electron chi connectivity index (χ4n) is 1.29. The van der Waals surface area contributed by atoms with E-state index in [9.17, 15) is 4.79 Å². The Morgan fingerprint density at radius 1 is 1.43 bits per heavy atom. The monoisotopic (exact) mass is 269 g/mol. The number of rotatable bonds is 1. The molecule has 2 rings (SSSR count). The Balaban J connectivity index is 2.91. The predicted octanol–water partition coefficient (Wildman–Crippen LogP) is 3.46. The van der Waals surface area contributed by atoms with Crippen molar-refractivity contribution in [2.45, 2.75) is 0 Å². The van der Waals surface area contributed by atoms with Gasteiger partial charge in [-0.3, -0.25) is 4.79 Å². The summed E-state index contributed by atoms with van der Waals surface area (Å²) in [7, 11) is 0. The summed E-state index contributed by atoms with van der Waals surface area (Å²) in [5.74, 6) is 0. The molecule has 0 aliphatic heterocycles. The van der Waals surface area contributed by atoms with Crippen LogP contribution >= 0.6 is 27.5 Å². The molecule has 0 radical (unpaired) electrons. The first kappa shape index (κ1) is 9.62. The van der Waals surface area contributed by atoms with E-state index < -0.39 is 0 Å². The molecule has 0 saturated heterocycles. The topological polar surface area (TPSA) is 30.0 Å². The molecule has 70 valence electrons. The Morgan fingerprint density at radius 3 is 2.93 bits per heavy atom. The second-order valence-electron chi connectivity index (χ2n) is 2.81. The Kier molecular flexibility index (Phi) is 2.52. The van der Waals surface area contributed by atoms with Crippen molar-refractivity contribution < 1.29 is 4.79 Å². The number of aromatic nitrogens is 1. The fraction of sp³-hybridized carbons (Fsp3) is 0. The molecule has 0 amide bonds. The van der Waals surface area contributed by atoms with Gasteiger partial charge in [0.05, 0.1) is 5.56 Å². The Hall–Kier alpha value is -0.930. The summed E-state index contributed by atoms with van der Waals surface area (Å²) in [6.07, 6.45) is 2.38. The minimum atomic E-state index is 0.241. The molecule has 1 heterocycles. The molecule has 0 unspecified atom stereocenters. The van der Waals surface area contributed by atoms with Crippen molar-refractivity contribution in [1.29, 1.82) is 0 Å². The quantitative estimate of drug-likeness (QED) is 0.587. The molecule has 0 fully saturated rings. The minimum absolute atomic E-state index is 0.241. The van der Waals surface area contributed by atoms with Gasteiger partial charge in [-0.25, -0.2) is 4.98 Å². The normalized spacial score (nSPS) is 10.4. The summed E-state index contributed by atoms with van der Waals surface area (Å²) in [6.45, 7) is 0. The van der Waals surface area contributed by atoms with E-state index in [1.807, 2.05) is 18.2 Å². The average molecular weight is 271 g/mol. The summed E-state index contributed by atoms with van der Waals surface area (Å²) in [5, 5.41) is 1.96. The molecule has 2 aromatic rings. The maximum Gasteiger partial charge on any atom is 0.153 e. The third-order valence-electron chi connectivity index (χ3n) is 1.96. The zero-order valence-electron chi connectivity index (χ0n) is 7.00. The lowest BCUT2D eigenvalue weighted by Crippen LogP contribution is -1.88. The molecular formula is C10H5BrClNO. The zero-order valence-corrected chi connectivity index (χ0v) is 9.34. The molecule has 0 aliphatic carbocycles. The van der Waals surface area contributed by atoms with Crippen molar-refractivity contribution in [3.63, 3.8) is 0 Å². The van der Waals surface area contributed by atoms with Crippen LogP contribution in [0.2, 0.25) is 5.15 Å². The molecule has 0 spiro atoms. The van der Waals surface area contributed by atoms with Gasteiger partial charge in [-0.1, -0.05) is 33.6 Å². The molecule has 0 atom stereocenters. The van der Waals surface area contributed by atoms with Crippen LogP contribution < -0.4 is 0 Å². The molecule has 0 saturated carbocycles. The number of pyridine rings is 1. The van der Waals surface area contributed by atoms with Gasteiger partial charge in [0, 0.05) is 16.1 Å². The molecule has 4 heteroatoms. The summed E-state index contributed by atoms with van der Waals surface area (Å²) in [4.78, 5) is 14.7. The SMILES string of the molecule is O=Cc1c(Cl)ncc2ccc(Br)cc12. The number of carbonyl (C=O) groups excluding carboxylic acids is 1. The lowest BCUT2D eigenvalue weighted by atomic mass is 10.1. The molecule has 0 N–H and O–H groups in total. The molecular weight excluding hydrogens is 265 g/mol. The molecule has 1 aromatic carbocycles. The van der Waals surface area contributed by atoms with Crippen LogP contribution in [-0.4, -0.2) is 11.3 Å². The highest BCUT2D eigenvalue weighted by Crippen LogP contribution is 2.25. The van der Waals surface area contributed by atoms with Crippen molar-refractivity contribution in [2.24, 2.45) is 0 Å². The smallest absolute Gasteiger partial charge is 0.153 e. The van der Waals surface area contributed by atoms with Gasteiger partial charge in [0.15, 0.2) is 6.29 Å². The summed E-state index contributed by atoms with van der Waals surface area (Å²) >= 11 is 9.14. The van der Waals surface area contributed by atoms with Gasteiger partial charge < -0.3 is 0 Å². The van der Waals surface area contributed by atoms with E-state index >= 15 is 0 Å². The van der Waals surface area contributed by atoms with Crippen molar-refractivity contribution >= 4 is 44.6 Å². The highest BCUT2D eigenvalue weighted by atomic mass is 79.9. The Bertz CT molecular complexity index is 507. The average Bonchev–Trinajstić information content (AvgIpc) is 2.17. The molecule has 2 nitrogen and oxygen atoms in total. The second-order valence-corrected chi connectivity index (χ2v) is 4.09. The molecule has 0 aliphatic rings. The van der Waals surface area contributed by atoms with E-state index in [1.54, 1.807) is 6.20 Å². The predicted molar refractivity (Wildman–Crippen MR) is 59.8 cm³/mol. The number of carbonyl (C=O) groups is 1. The first-order chi connectivity index (χ1) is 6.72. The van der Waals surface area contributed by atoms with Crippen LogP contribution in [0.4, 0.5) is 0 Å². The molecule has 0 bridgehead atoms. The maximum absolute atomic E-state index is 10.8. The highest BCUT2D eigenvalue weighted by molar-refractivity contribution is 9.10. The van der Waals surface area contributed by atoms with Gasteiger partial charge in [0.1, 0.15) is 5.15 Å². The van der Waals surface area contributed by atoms with Crippen LogP contribution in [0, 0.1) is 0 Å². The van der Waals surface area contributed by atoms with Crippen LogP contribution in [0.5, 0.6) is 0 Å². The third-order valence-corrected chi connectivity index (χ3v) is 2.76. The van der Waals surface area contributed by atoms with Crippen LogP contribution in [-0.2, 0) is 0 Å². The van der Waals surface area contributed by atoms with Gasteiger partial charge in [0.2, 0.25) is 0 Å². The van der Waals surface area contributed by atoms with E-state index in [2.05, 4.69) is 20.9 Å². The van der Waals surface area contributed by atoms with Gasteiger partial charge in [0.25, 0.3) is 0 Å². The molecule has 14 heavy (non-hydrogen) atoms. The van der Waals surface area contributed by atoms with Crippen molar-refractivity contribution in [3.05, 3.63) is 39.6 Å². The lowest BCUT2D eigenvalue weighted by Gasteiger charge is -2.02. The van der Waals surface area contributed by atoms with E-state index in [4.69, 9.17) is 11.6 Å². The van der Waals surface area contributed by atoms with Crippen molar-refractivity contribution in [2.75, 3.05) is 0 Å². The highest BCUT2D eigenvalue weighted by Gasteiger charge is 2.06. The minimum Gasteiger partial charge on any atom is -0.298 e. The van der Waals surface area contributed by atoms with E-state index in [0.29, 0.717) is 5.56 Å². The van der Waals surface area contributed by atoms with Crippen LogP contribution in [0.3, 0.4) is 0 Å².